The maximum absolute atomic E-state index is 15.7. The Morgan fingerprint density at radius 1 is 0.661 bits per heavy atom. The number of esters is 2. The van der Waals surface area contributed by atoms with Crippen molar-refractivity contribution in [1.29, 1.82) is 0 Å². The van der Waals surface area contributed by atoms with E-state index in [1.54, 1.807) is 0 Å². The van der Waals surface area contributed by atoms with Crippen molar-refractivity contribution in [3.63, 3.8) is 0 Å². The summed E-state index contributed by atoms with van der Waals surface area (Å²) in [5.74, 6) is -4.92. The van der Waals surface area contributed by atoms with Gasteiger partial charge in [-0.25, -0.2) is 9.59 Å². The molecule has 0 aromatic heterocycles. The smallest absolute Gasteiger partial charge is 0.343 e. The molecule has 0 unspecified atom stereocenters. The minimum atomic E-state index is -1.73. The lowest BCUT2D eigenvalue weighted by molar-refractivity contribution is -0.178. The zero-order valence-corrected chi connectivity index (χ0v) is 38.6. The van der Waals surface area contributed by atoms with Crippen molar-refractivity contribution < 1.29 is 38.6 Å². The number of aliphatic hydroxyl groups excluding tert-OH is 1. The van der Waals surface area contributed by atoms with Crippen LogP contribution in [0.1, 0.15) is 127 Å². The Kier molecular flexibility index (Phi) is 14.9. The summed E-state index contributed by atoms with van der Waals surface area (Å²) in [7, 11) is 0. The van der Waals surface area contributed by atoms with Crippen LogP contribution >= 0.6 is 23.2 Å². The molecule has 3 aromatic rings. The van der Waals surface area contributed by atoms with Crippen LogP contribution in [0.4, 0.5) is 0 Å². The van der Waals surface area contributed by atoms with Gasteiger partial charge in [0.1, 0.15) is 16.7 Å². The van der Waals surface area contributed by atoms with E-state index in [1.165, 1.54) is 66.7 Å². The molecule has 3 aromatic carbocycles. The van der Waals surface area contributed by atoms with Gasteiger partial charge in [-0.3, -0.25) is 14.4 Å². The molecule has 0 saturated heterocycles. The van der Waals surface area contributed by atoms with E-state index in [0.29, 0.717) is 29.3 Å². The quantitative estimate of drug-likeness (QED) is 0.0323. The first-order valence-corrected chi connectivity index (χ1v) is 21.6. The number of hydrogen-bond acceptors (Lipinski definition) is 8. The SMILES string of the molecule is CC(C)=CCC[C@]1(C)[C@@H](CC=C(C)C)C[C@@]2(CC=C(C)C)C(=O)/C(=C(/O)c3ccc(OC(=O)c4ccc(Cl)cc4)c(OC(=O)c4ccc(Cl)cc4)c3)C(=O)[C@]1(CC=C(C)C)C2=O. The van der Waals surface area contributed by atoms with E-state index >= 15 is 14.4 Å². The van der Waals surface area contributed by atoms with Crippen molar-refractivity contribution >= 4 is 58.2 Å². The molecule has 2 aliphatic rings. The Balaban J connectivity index is 1.78. The number of carbonyl (C=O) groups excluding carboxylic acids is 5. The van der Waals surface area contributed by atoms with Gasteiger partial charge < -0.3 is 14.6 Å². The second-order valence-corrected chi connectivity index (χ2v) is 18.7. The van der Waals surface area contributed by atoms with Gasteiger partial charge in [0.15, 0.2) is 28.8 Å². The highest BCUT2D eigenvalue weighted by Gasteiger charge is 2.74. The molecule has 0 aliphatic heterocycles. The maximum Gasteiger partial charge on any atom is 0.343 e. The first kappa shape index (κ1) is 47.7. The van der Waals surface area contributed by atoms with Gasteiger partial charge in [-0.15, -0.1) is 0 Å². The summed E-state index contributed by atoms with van der Waals surface area (Å²) in [5, 5.41) is 13.3. The van der Waals surface area contributed by atoms with Gasteiger partial charge in [0.25, 0.3) is 0 Å². The molecule has 0 spiro atoms. The minimum Gasteiger partial charge on any atom is -0.506 e. The lowest BCUT2D eigenvalue weighted by Gasteiger charge is -2.61. The molecule has 2 aliphatic carbocycles. The van der Waals surface area contributed by atoms with Crippen LogP contribution in [0.5, 0.6) is 11.5 Å². The molecule has 1 N–H and O–H groups in total. The summed E-state index contributed by atoms with van der Waals surface area (Å²) >= 11 is 12.1. The Morgan fingerprint density at radius 2 is 1.15 bits per heavy atom. The van der Waals surface area contributed by atoms with Gasteiger partial charge in [0.05, 0.1) is 16.5 Å². The van der Waals surface area contributed by atoms with Crippen LogP contribution in [0, 0.1) is 22.2 Å². The molecular formula is C52H56Cl2O8. The van der Waals surface area contributed by atoms with Crippen molar-refractivity contribution in [2.45, 2.75) is 101 Å². The van der Waals surface area contributed by atoms with Crippen LogP contribution < -0.4 is 9.47 Å². The van der Waals surface area contributed by atoms with Crippen molar-refractivity contribution in [3.8, 4) is 11.5 Å². The average Bonchev–Trinajstić information content (AvgIpc) is 3.20. The number of ether oxygens (including phenoxy) is 2. The van der Waals surface area contributed by atoms with E-state index < -0.39 is 56.9 Å². The zero-order chi connectivity index (χ0) is 45.7. The molecule has 0 radical (unpaired) electrons. The van der Waals surface area contributed by atoms with Crippen molar-refractivity contribution in [1.82, 2.24) is 0 Å². The minimum absolute atomic E-state index is 0.0355. The number of benzene rings is 3. The van der Waals surface area contributed by atoms with E-state index in [2.05, 4.69) is 12.2 Å². The van der Waals surface area contributed by atoms with E-state index in [4.69, 9.17) is 32.7 Å². The number of halogens is 2. The number of fused-ring (bicyclic) bond motifs is 2. The fraction of sp³-hybridized carbons (Fsp3) is 0.365. The molecule has 0 amide bonds. The summed E-state index contributed by atoms with van der Waals surface area (Å²) in [6, 6.07) is 15.9. The molecule has 8 nitrogen and oxygen atoms in total. The molecule has 326 valence electrons. The summed E-state index contributed by atoms with van der Waals surface area (Å²) < 4.78 is 11.5. The number of ketones is 3. The summed E-state index contributed by atoms with van der Waals surface area (Å²) in [5.41, 5.74) is -0.639. The van der Waals surface area contributed by atoms with Gasteiger partial charge >= 0.3 is 11.9 Å². The van der Waals surface area contributed by atoms with E-state index in [-0.39, 0.29) is 53.4 Å². The predicted molar refractivity (Wildman–Crippen MR) is 246 cm³/mol. The molecule has 2 bridgehead atoms. The molecule has 5 rings (SSSR count). The normalized spacial score (nSPS) is 22.6. The summed E-state index contributed by atoms with van der Waals surface area (Å²) in [4.78, 5) is 73.6. The molecular weight excluding hydrogens is 823 g/mol. The third kappa shape index (κ3) is 9.67. The second-order valence-electron chi connectivity index (χ2n) is 17.8. The number of carbonyl (C=O) groups is 5. The largest absolute Gasteiger partial charge is 0.506 e. The van der Waals surface area contributed by atoms with Crippen LogP contribution in [0.15, 0.2) is 119 Å². The third-order valence-electron chi connectivity index (χ3n) is 12.3. The van der Waals surface area contributed by atoms with Gasteiger partial charge in [0.2, 0.25) is 0 Å². The number of hydrogen-bond donors (Lipinski definition) is 1. The van der Waals surface area contributed by atoms with Crippen molar-refractivity contribution in [2.24, 2.45) is 22.2 Å². The first-order chi connectivity index (χ1) is 29.2. The maximum atomic E-state index is 15.7. The lowest BCUT2D eigenvalue weighted by Crippen LogP contribution is -2.70. The number of allylic oxidation sites excluding steroid dienone is 9. The fourth-order valence-corrected chi connectivity index (χ4v) is 9.01. The van der Waals surface area contributed by atoms with E-state index in [9.17, 15) is 14.7 Å². The summed E-state index contributed by atoms with van der Waals surface area (Å²) in [6.07, 6.45) is 9.88. The van der Waals surface area contributed by atoms with Crippen molar-refractivity contribution in [3.05, 3.63) is 146 Å². The van der Waals surface area contributed by atoms with Gasteiger partial charge in [-0.05, 0) is 172 Å². The first-order valence-electron chi connectivity index (χ1n) is 20.9. The van der Waals surface area contributed by atoms with Crippen LogP contribution in [-0.2, 0) is 14.4 Å². The topological polar surface area (TPSA) is 124 Å². The molecule has 0 heterocycles. The Bertz CT molecular complexity index is 2420. The highest BCUT2D eigenvalue weighted by molar-refractivity contribution is 6.41. The molecule has 4 atom stereocenters. The molecule has 62 heavy (non-hydrogen) atoms. The standard InChI is InChI=1S/C52H56Cl2O8/c1-31(2)11-10-26-50(9)38(18-12-32(3)4)30-51(27-24-33(5)6)45(56)43(46(57)52(50,49(51)60)28-25-34(7)8)44(55)37-17-23-41(61-47(58)35-13-19-39(53)20-14-35)42(29-37)62-48(59)36-15-21-40(54)22-16-36/h11-17,19-25,29,38,55H,10,18,26-28,30H2,1-9H3/b44-43-/t38-,50+,51-,52+/m0/s1. The van der Waals surface area contributed by atoms with E-state index in [0.717, 1.165) is 22.3 Å². The zero-order valence-electron chi connectivity index (χ0n) is 37.0. The van der Waals surface area contributed by atoms with Crippen molar-refractivity contribution in [2.75, 3.05) is 0 Å². The van der Waals surface area contributed by atoms with Crippen LogP contribution in [0.25, 0.3) is 5.76 Å². The third-order valence-corrected chi connectivity index (χ3v) is 12.8. The van der Waals surface area contributed by atoms with Crippen LogP contribution in [0.2, 0.25) is 10.0 Å². The second kappa shape index (κ2) is 19.4. The fourth-order valence-electron chi connectivity index (χ4n) is 8.76. The molecule has 2 fully saturated rings. The van der Waals surface area contributed by atoms with Crippen LogP contribution in [0.3, 0.4) is 0 Å². The van der Waals surface area contributed by atoms with E-state index in [1.807, 2.05) is 74.5 Å². The highest BCUT2D eigenvalue weighted by Crippen LogP contribution is 2.67. The number of Topliss-reactive ketones (excluding diaryl/α,β-unsaturated/α-hetero) is 3. The average molecular weight is 880 g/mol. The Morgan fingerprint density at radius 3 is 1.66 bits per heavy atom. The Labute approximate surface area is 375 Å². The lowest BCUT2D eigenvalue weighted by atomic mass is 9.37. The molecule has 10 heteroatoms. The van der Waals surface area contributed by atoms with Gasteiger partial charge in [-0.1, -0.05) is 76.7 Å². The van der Waals surface area contributed by atoms with Gasteiger partial charge in [-0.2, -0.15) is 0 Å². The molecule has 2 saturated carbocycles. The monoisotopic (exact) mass is 878 g/mol. The number of aliphatic hydroxyl groups is 1. The van der Waals surface area contributed by atoms with Gasteiger partial charge in [0, 0.05) is 15.6 Å². The number of rotatable bonds is 14. The summed E-state index contributed by atoms with van der Waals surface area (Å²) in [6.45, 7) is 17.6. The Hall–Kier alpha value is -5.31. The highest BCUT2D eigenvalue weighted by atomic mass is 35.5. The predicted octanol–water partition coefficient (Wildman–Crippen LogP) is 13.2. The van der Waals surface area contributed by atoms with Crippen LogP contribution in [-0.4, -0.2) is 34.4 Å².